The average molecular weight is 222 g/mol. The number of rotatable bonds is 3. The van der Waals surface area contributed by atoms with E-state index in [0.717, 1.165) is 19.5 Å². The van der Waals surface area contributed by atoms with E-state index in [-0.39, 0.29) is 5.91 Å². The molecule has 90 valence electrons. The first-order valence-electron chi connectivity index (χ1n) is 6.30. The van der Waals surface area contributed by atoms with Gasteiger partial charge in [-0.1, -0.05) is 20.8 Å². The molecule has 0 aromatic heterocycles. The van der Waals surface area contributed by atoms with Crippen LogP contribution in [0.3, 0.4) is 0 Å². The first-order valence-corrected chi connectivity index (χ1v) is 6.30. The van der Waals surface area contributed by atoms with E-state index in [1.807, 2.05) is 18.7 Å². The number of carbonyl (C=O) groups is 1. The molecule has 1 amide bonds. The van der Waals surface area contributed by atoms with Gasteiger partial charge in [0, 0.05) is 13.1 Å². The average Bonchev–Trinajstić information content (AvgIpc) is 2.32. The Labute approximate surface area is 98.4 Å². The predicted molar refractivity (Wildman–Crippen MR) is 63.6 cm³/mol. The zero-order valence-electron chi connectivity index (χ0n) is 10.6. The standard InChI is InChI=1S/C13H22N2O/c1-4-13(5-2,10-14)12(16)15-8-6-7-11(3)9-15/h11H,4-9H2,1-3H3. The molecule has 3 nitrogen and oxygen atoms in total. The SMILES string of the molecule is CCC(C#N)(CC)C(=O)N1CCCC(C)C1. The topological polar surface area (TPSA) is 44.1 Å². The highest BCUT2D eigenvalue weighted by Gasteiger charge is 2.39. The molecule has 1 aliphatic heterocycles. The summed E-state index contributed by atoms with van der Waals surface area (Å²) in [5.41, 5.74) is -0.781. The van der Waals surface area contributed by atoms with Gasteiger partial charge in [0.2, 0.25) is 5.91 Å². The normalized spacial score (nSPS) is 21.6. The van der Waals surface area contributed by atoms with Crippen LogP contribution in [-0.4, -0.2) is 23.9 Å². The Morgan fingerprint density at radius 3 is 2.56 bits per heavy atom. The van der Waals surface area contributed by atoms with Crippen molar-refractivity contribution in [2.24, 2.45) is 11.3 Å². The van der Waals surface area contributed by atoms with Gasteiger partial charge in [-0.05, 0) is 31.6 Å². The van der Waals surface area contributed by atoms with E-state index >= 15 is 0 Å². The molecule has 1 aliphatic rings. The van der Waals surface area contributed by atoms with Crippen LogP contribution in [0, 0.1) is 22.7 Å². The lowest BCUT2D eigenvalue weighted by molar-refractivity contribution is -0.141. The van der Waals surface area contributed by atoms with Gasteiger partial charge in [-0.3, -0.25) is 4.79 Å². The fourth-order valence-electron chi connectivity index (χ4n) is 2.43. The van der Waals surface area contributed by atoms with Gasteiger partial charge in [-0.2, -0.15) is 5.26 Å². The first-order chi connectivity index (χ1) is 7.59. The molecule has 0 aromatic carbocycles. The summed E-state index contributed by atoms with van der Waals surface area (Å²) >= 11 is 0. The molecule has 1 heterocycles. The van der Waals surface area contributed by atoms with Crippen molar-refractivity contribution in [1.29, 1.82) is 5.26 Å². The number of carbonyl (C=O) groups excluding carboxylic acids is 1. The maximum absolute atomic E-state index is 12.4. The molecule has 0 radical (unpaired) electrons. The van der Waals surface area contributed by atoms with Crippen LogP contribution >= 0.6 is 0 Å². The quantitative estimate of drug-likeness (QED) is 0.736. The second-order valence-corrected chi connectivity index (χ2v) is 4.90. The lowest BCUT2D eigenvalue weighted by Crippen LogP contribution is -2.47. The monoisotopic (exact) mass is 222 g/mol. The smallest absolute Gasteiger partial charge is 0.243 e. The van der Waals surface area contributed by atoms with Crippen molar-refractivity contribution >= 4 is 5.91 Å². The summed E-state index contributed by atoms with van der Waals surface area (Å²) in [7, 11) is 0. The summed E-state index contributed by atoms with van der Waals surface area (Å²) in [5, 5.41) is 9.25. The zero-order valence-corrected chi connectivity index (χ0v) is 10.6. The van der Waals surface area contributed by atoms with Gasteiger partial charge in [0.25, 0.3) is 0 Å². The Bertz CT molecular complexity index is 289. The Hall–Kier alpha value is -1.04. The molecule has 0 N–H and O–H groups in total. The van der Waals surface area contributed by atoms with E-state index in [0.29, 0.717) is 18.8 Å². The number of nitrogens with zero attached hydrogens (tertiary/aromatic N) is 2. The molecule has 1 atom stereocenters. The van der Waals surface area contributed by atoms with Crippen molar-refractivity contribution in [3.63, 3.8) is 0 Å². The van der Waals surface area contributed by atoms with E-state index < -0.39 is 5.41 Å². The van der Waals surface area contributed by atoms with Crippen molar-refractivity contribution < 1.29 is 4.79 Å². The molecule has 1 saturated heterocycles. The number of hydrogen-bond acceptors (Lipinski definition) is 2. The Morgan fingerprint density at radius 2 is 2.12 bits per heavy atom. The van der Waals surface area contributed by atoms with Crippen LogP contribution in [0.25, 0.3) is 0 Å². The molecule has 16 heavy (non-hydrogen) atoms. The summed E-state index contributed by atoms with van der Waals surface area (Å²) in [6.07, 6.45) is 3.50. The number of likely N-dealkylation sites (tertiary alicyclic amines) is 1. The van der Waals surface area contributed by atoms with E-state index in [2.05, 4.69) is 13.0 Å². The molecule has 1 unspecified atom stereocenters. The van der Waals surface area contributed by atoms with Gasteiger partial charge in [0.05, 0.1) is 6.07 Å². The van der Waals surface area contributed by atoms with Crippen LogP contribution in [0.5, 0.6) is 0 Å². The molecule has 0 aliphatic carbocycles. The molecule has 0 saturated carbocycles. The highest BCUT2D eigenvalue weighted by Crippen LogP contribution is 2.30. The summed E-state index contributed by atoms with van der Waals surface area (Å²) in [5.74, 6) is 0.620. The Kier molecular flexibility index (Phi) is 4.35. The van der Waals surface area contributed by atoms with Gasteiger partial charge >= 0.3 is 0 Å². The Morgan fingerprint density at radius 1 is 1.50 bits per heavy atom. The van der Waals surface area contributed by atoms with Crippen LogP contribution in [0.2, 0.25) is 0 Å². The minimum absolute atomic E-state index is 0.0477. The molecule has 3 heteroatoms. The fourth-order valence-corrected chi connectivity index (χ4v) is 2.43. The molecule has 0 bridgehead atoms. The van der Waals surface area contributed by atoms with Gasteiger partial charge in [0.1, 0.15) is 5.41 Å². The van der Waals surface area contributed by atoms with Crippen molar-refractivity contribution in [2.45, 2.75) is 46.5 Å². The number of amides is 1. The minimum atomic E-state index is -0.781. The van der Waals surface area contributed by atoms with Crippen molar-refractivity contribution in [3.05, 3.63) is 0 Å². The summed E-state index contributed by atoms with van der Waals surface area (Å²) in [6.45, 7) is 7.68. The van der Waals surface area contributed by atoms with Crippen LogP contribution in [0.4, 0.5) is 0 Å². The second kappa shape index (κ2) is 5.34. The molecule has 1 rings (SSSR count). The van der Waals surface area contributed by atoms with Gasteiger partial charge < -0.3 is 4.90 Å². The van der Waals surface area contributed by atoms with E-state index in [4.69, 9.17) is 0 Å². The number of nitriles is 1. The highest BCUT2D eigenvalue weighted by atomic mass is 16.2. The lowest BCUT2D eigenvalue weighted by atomic mass is 9.81. The van der Waals surface area contributed by atoms with Crippen molar-refractivity contribution in [3.8, 4) is 6.07 Å². The summed E-state index contributed by atoms with van der Waals surface area (Å²) in [6, 6.07) is 2.24. The van der Waals surface area contributed by atoms with E-state index in [9.17, 15) is 10.1 Å². The maximum Gasteiger partial charge on any atom is 0.243 e. The first kappa shape index (κ1) is 13.0. The third kappa shape index (κ3) is 2.37. The molecular weight excluding hydrogens is 200 g/mol. The van der Waals surface area contributed by atoms with Gasteiger partial charge in [-0.15, -0.1) is 0 Å². The van der Waals surface area contributed by atoms with Crippen LogP contribution in [-0.2, 0) is 4.79 Å². The van der Waals surface area contributed by atoms with Crippen molar-refractivity contribution in [2.75, 3.05) is 13.1 Å². The second-order valence-electron chi connectivity index (χ2n) is 4.90. The Balaban J connectivity index is 2.79. The highest BCUT2D eigenvalue weighted by molar-refractivity contribution is 5.85. The predicted octanol–water partition coefficient (Wildman–Crippen LogP) is 2.57. The van der Waals surface area contributed by atoms with Crippen LogP contribution in [0.1, 0.15) is 46.5 Å². The summed E-state index contributed by atoms with van der Waals surface area (Å²) < 4.78 is 0. The number of hydrogen-bond donors (Lipinski definition) is 0. The fraction of sp³-hybridized carbons (Fsp3) is 0.846. The van der Waals surface area contributed by atoms with Crippen LogP contribution in [0.15, 0.2) is 0 Å². The van der Waals surface area contributed by atoms with Gasteiger partial charge in [0.15, 0.2) is 0 Å². The third-order valence-electron chi connectivity index (χ3n) is 3.77. The third-order valence-corrected chi connectivity index (χ3v) is 3.77. The van der Waals surface area contributed by atoms with E-state index in [1.54, 1.807) is 0 Å². The molecule has 0 spiro atoms. The van der Waals surface area contributed by atoms with Crippen molar-refractivity contribution in [1.82, 2.24) is 4.90 Å². The largest absolute Gasteiger partial charge is 0.341 e. The number of piperidine rings is 1. The molecule has 1 fully saturated rings. The molecular formula is C13H22N2O. The van der Waals surface area contributed by atoms with Crippen LogP contribution < -0.4 is 0 Å². The van der Waals surface area contributed by atoms with Gasteiger partial charge in [-0.25, -0.2) is 0 Å². The molecule has 0 aromatic rings. The maximum atomic E-state index is 12.4. The zero-order chi connectivity index (χ0) is 12.2. The van der Waals surface area contributed by atoms with E-state index in [1.165, 1.54) is 6.42 Å². The minimum Gasteiger partial charge on any atom is -0.341 e. The summed E-state index contributed by atoms with van der Waals surface area (Å²) in [4.78, 5) is 14.3. The lowest BCUT2D eigenvalue weighted by Gasteiger charge is -2.36.